The lowest BCUT2D eigenvalue weighted by atomic mass is 10.2. The highest BCUT2D eigenvalue weighted by Crippen LogP contribution is 2.22. The molecule has 0 atom stereocenters. The van der Waals surface area contributed by atoms with Crippen molar-refractivity contribution in [2.24, 2.45) is 0 Å². The third-order valence-electron chi connectivity index (χ3n) is 1.51. The number of aromatic nitrogens is 1. The van der Waals surface area contributed by atoms with Crippen LogP contribution in [0.5, 0.6) is 0 Å². The van der Waals surface area contributed by atoms with Gasteiger partial charge in [-0.25, -0.2) is 4.98 Å². The number of hydrogen-bond acceptors (Lipinski definition) is 1. The molecule has 0 aliphatic carbocycles. The molecule has 0 aliphatic rings. The Morgan fingerprint density at radius 1 is 1.18 bits per heavy atom. The zero-order valence-corrected chi connectivity index (χ0v) is 6.77. The molecule has 0 aliphatic heterocycles. The molecule has 0 saturated carbocycles. The van der Waals surface area contributed by atoms with Gasteiger partial charge in [0, 0.05) is 10.9 Å². The number of aromatic amines is 1. The number of hydrogen-bond donors (Lipinski definition) is 0. The van der Waals surface area contributed by atoms with Gasteiger partial charge in [-0.3, -0.25) is 0 Å². The first-order chi connectivity index (χ1) is 5.47. The minimum atomic E-state index is 1.25. The summed E-state index contributed by atoms with van der Waals surface area (Å²) in [5.41, 5.74) is 1.25. The quantitative estimate of drug-likeness (QED) is 0.610. The molecular weight excluding hydrogens is 154 g/mol. The Morgan fingerprint density at radius 3 is 2.82 bits per heavy atom. The van der Waals surface area contributed by atoms with E-state index in [4.69, 9.17) is 0 Å². The van der Waals surface area contributed by atoms with Crippen molar-refractivity contribution in [3.8, 4) is 10.4 Å². The van der Waals surface area contributed by atoms with Crippen LogP contribution in [0.15, 0.2) is 42.0 Å². The maximum absolute atomic E-state index is 3.06. The van der Waals surface area contributed by atoms with E-state index in [0.717, 1.165) is 0 Å². The Kier molecular flexibility index (Phi) is 1.69. The third kappa shape index (κ3) is 1.30. The Balaban J connectivity index is 2.46. The van der Waals surface area contributed by atoms with Gasteiger partial charge in [0.15, 0.2) is 12.4 Å². The van der Waals surface area contributed by atoms with Gasteiger partial charge in [-0.05, 0) is 17.5 Å². The topological polar surface area (TPSA) is 14.1 Å². The molecule has 0 amide bonds. The van der Waals surface area contributed by atoms with Crippen molar-refractivity contribution in [1.82, 2.24) is 0 Å². The van der Waals surface area contributed by atoms with E-state index in [0.29, 0.717) is 0 Å². The molecule has 11 heavy (non-hydrogen) atoms. The monoisotopic (exact) mass is 162 g/mol. The lowest BCUT2D eigenvalue weighted by Crippen LogP contribution is -1.97. The number of thiophene rings is 1. The molecule has 1 nitrogen and oxygen atoms in total. The zero-order chi connectivity index (χ0) is 7.52. The van der Waals surface area contributed by atoms with E-state index < -0.39 is 0 Å². The number of pyridine rings is 1. The average Bonchev–Trinajstić information content (AvgIpc) is 2.58. The maximum Gasteiger partial charge on any atom is 0.175 e. The second-order valence-corrected chi connectivity index (χ2v) is 3.22. The van der Waals surface area contributed by atoms with Crippen molar-refractivity contribution >= 4 is 11.3 Å². The molecule has 0 aromatic carbocycles. The average molecular weight is 162 g/mol. The van der Waals surface area contributed by atoms with Crippen molar-refractivity contribution in [2.75, 3.05) is 0 Å². The van der Waals surface area contributed by atoms with Gasteiger partial charge in [-0.2, -0.15) is 0 Å². The molecule has 2 aromatic heterocycles. The molecule has 0 saturated heterocycles. The Hall–Kier alpha value is -1.15. The molecular formula is C9H8NS+. The van der Waals surface area contributed by atoms with Crippen LogP contribution >= 0.6 is 11.3 Å². The van der Waals surface area contributed by atoms with E-state index in [9.17, 15) is 0 Å². The minimum Gasteiger partial charge on any atom is -0.217 e. The van der Waals surface area contributed by atoms with Crippen LogP contribution in [0.1, 0.15) is 0 Å². The Morgan fingerprint density at radius 2 is 2.18 bits per heavy atom. The Labute approximate surface area is 69.3 Å². The molecule has 1 N–H and O–H groups in total. The van der Waals surface area contributed by atoms with Crippen molar-refractivity contribution in [3.05, 3.63) is 42.0 Å². The van der Waals surface area contributed by atoms with Gasteiger partial charge in [0.25, 0.3) is 0 Å². The van der Waals surface area contributed by atoms with Crippen molar-refractivity contribution in [2.45, 2.75) is 0 Å². The molecule has 0 fully saturated rings. The minimum absolute atomic E-state index is 1.25. The summed E-state index contributed by atoms with van der Waals surface area (Å²) in [5, 5.41) is 2.09. The molecule has 0 radical (unpaired) electrons. The van der Waals surface area contributed by atoms with Gasteiger partial charge in [0.2, 0.25) is 0 Å². The molecule has 54 valence electrons. The van der Waals surface area contributed by atoms with Crippen LogP contribution in [0, 0.1) is 0 Å². The van der Waals surface area contributed by atoms with Crippen LogP contribution in [-0.2, 0) is 0 Å². The fourth-order valence-corrected chi connectivity index (χ4v) is 1.71. The largest absolute Gasteiger partial charge is 0.217 e. The molecule has 0 bridgehead atoms. The van der Waals surface area contributed by atoms with Gasteiger partial charge >= 0.3 is 0 Å². The van der Waals surface area contributed by atoms with Gasteiger partial charge in [0.05, 0.1) is 5.56 Å². The smallest absolute Gasteiger partial charge is 0.175 e. The summed E-state index contributed by atoms with van der Waals surface area (Å²) in [4.78, 5) is 4.36. The van der Waals surface area contributed by atoms with Crippen molar-refractivity contribution in [1.29, 1.82) is 0 Å². The molecule has 0 unspecified atom stereocenters. The van der Waals surface area contributed by atoms with Crippen LogP contribution in [0.25, 0.3) is 10.4 Å². The summed E-state index contributed by atoms with van der Waals surface area (Å²) < 4.78 is 0. The van der Waals surface area contributed by atoms with E-state index in [1.165, 1.54) is 10.4 Å². The highest BCUT2D eigenvalue weighted by Gasteiger charge is 1.98. The third-order valence-corrected chi connectivity index (χ3v) is 2.43. The fraction of sp³-hybridized carbons (Fsp3) is 0. The van der Waals surface area contributed by atoms with E-state index >= 15 is 0 Å². The Bertz CT molecular complexity index is 313. The van der Waals surface area contributed by atoms with E-state index in [1.54, 1.807) is 11.3 Å². The summed E-state index contributed by atoms with van der Waals surface area (Å²) >= 11 is 1.76. The van der Waals surface area contributed by atoms with E-state index in [2.05, 4.69) is 28.6 Å². The molecule has 0 spiro atoms. The summed E-state index contributed by atoms with van der Waals surface area (Å²) in [6.45, 7) is 0. The highest BCUT2D eigenvalue weighted by atomic mass is 32.1. The van der Waals surface area contributed by atoms with Crippen LogP contribution < -0.4 is 4.98 Å². The first-order valence-electron chi connectivity index (χ1n) is 3.47. The SMILES string of the molecule is c1c[nH+]cc(-c2cccs2)c1. The lowest BCUT2D eigenvalue weighted by molar-refractivity contribution is -0.377. The summed E-state index contributed by atoms with van der Waals surface area (Å²) in [7, 11) is 0. The van der Waals surface area contributed by atoms with Crippen molar-refractivity contribution in [3.63, 3.8) is 0 Å². The maximum atomic E-state index is 3.06. The van der Waals surface area contributed by atoms with Crippen LogP contribution in [-0.4, -0.2) is 0 Å². The van der Waals surface area contributed by atoms with Crippen LogP contribution in [0.4, 0.5) is 0 Å². The summed E-state index contributed by atoms with van der Waals surface area (Å²) in [5.74, 6) is 0. The second-order valence-electron chi connectivity index (χ2n) is 2.27. The predicted octanol–water partition coefficient (Wildman–Crippen LogP) is 2.23. The number of H-pyrrole nitrogens is 1. The first-order valence-corrected chi connectivity index (χ1v) is 4.35. The lowest BCUT2D eigenvalue weighted by Gasteiger charge is -1.88. The van der Waals surface area contributed by atoms with E-state index in [-0.39, 0.29) is 0 Å². The fourth-order valence-electron chi connectivity index (χ4n) is 0.989. The second kappa shape index (κ2) is 2.84. The standard InChI is InChI=1S/C9H7NS/c1-3-8(7-10-5-1)9-4-2-6-11-9/h1-7H/p+1. The number of nitrogens with one attached hydrogen (secondary N) is 1. The summed E-state index contributed by atoms with van der Waals surface area (Å²) in [6.07, 6.45) is 3.92. The van der Waals surface area contributed by atoms with Gasteiger partial charge in [0.1, 0.15) is 0 Å². The normalized spacial score (nSPS) is 9.82. The van der Waals surface area contributed by atoms with E-state index in [1.807, 2.05) is 18.5 Å². The van der Waals surface area contributed by atoms with Gasteiger partial charge in [-0.15, -0.1) is 11.3 Å². The molecule has 2 heterocycles. The first kappa shape index (κ1) is 6.55. The van der Waals surface area contributed by atoms with Crippen LogP contribution in [0.2, 0.25) is 0 Å². The molecule has 2 aromatic rings. The summed E-state index contributed by atoms with van der Waals surface area (Å²) in [6, 6.07) is 8.29. The number of rotatable bonds is 1. The zero-order valence-electron chi connectivity index (χ0n) is 5.95. The van der Waals surface area contributed by atoms with Crippen LogP contribution in [0.3, 0.4) is 0 Å². The van der Waals surface area contributed by atoms with Gasteiger partial charge in [-0.1, -0.05) is 6.07 Å². The molecule has 2 heteroatoms. The van der Waals surface area contributed by atoms with Gasteiger partial charge < -0.3 is 0 Å². The highest BCUT2D eigenvalue weighted by molar-refractivity contribution is 7.13. The predicted molar refractivity (Wildman–Crippen MR) is 46.3 cm³/mol. The molecule has 2 rings (SSSR count). The van der Waals surface area contributed by atoms with Crippen molar-refractivity contribution < 1.29 is 4.98 Å².